The van der Waals surface area contributed by atoms with E-state index >= 15 is 0 Å². The van der Waals surface area contributed by atoms with E-state index in [1.165, 1.54) is 12.1 Å². The number of hydrogen-bond donors (Lipinski definition) is 2. The van der Waals surface area contributed by atoms with Gasteiger partial charge in [-0.3, -0.25) is 4.79 Å². The van der Waals surface area contributed by atoms with Crippen LogP contribution in [0, 0.1) is 0 Å². The number of carbonyl (C=O) groups excluding carboxylic acids is 1. The summed E-state index contributed by atoms with van der Waals surface area (Å²) in [6, 6.07) is 20.2. The smallest absolute Gasteiger partial charge is 0.271 e. The van der Waals surface area contributed by atoms with Crippen molar-refractivity contribution >= 4 is 22.4 Å². The fourth-order valence-electron chi connectivity index (χ4n) is 2.29. The first kappa shape index (κ1) is 14.8. The van der Waals surface area contributed by atoms with Gasteiger partial charge in [0.15, 0.2) is 0 Å². The molecule has 4 heteroatoms. The highest BCUT2D eigenvalue weighted by Gasteiger charge is 2.05. The van der Waals surface area contributed by atoms with E-state index in [-0.39, 0.29) is 11.7 Å². The number of hydrogen-bond acceptors (Lipinski definition) is 3. The number of carbonyl (C=O) groups is 1. The molecular formula is C19H16N2O2. The van der Waals surface area contributed by atoms with Crippen molar-refractivity contribution in [2.45, 2.75) is 6.92 Å². The molecule has 0 bridgehead atoms. The Hall–Kier alpha value is -3.14. The van der Waals surface area contributed by atoms with Gasteiger partial charge in [0.05, 0.1) is 5.71 Å². The largest absolute Gasteiger partial charge is 0.508 e. The molecule has 3 rings (SSSR count). The summed E-state index contributed by atoms with van der Waals surface area (Å²) in [5, 5.41) is 15.7. The number of fused-ring (bicyclic) bond motifs is 1. The first-order chi connectivity index (χ1) is 11.1. The van der Waals surface area contributed by atoms with Gasteiger partial charge in [-0.1, -0.05) is 36.4 Å². The van der Waals surface area contributed by atoms with Gasteiger partial charge < -0.3 is 5.11 Å². The van der Waals surface area contributed by atoms with Gasteiger partial charge in [-0.15, -0.1) is 0 Å². The van der Waals surface area contributed by atoms with Gasteiger partial charge in [0.25, 0.3) is 5.91 Å². The third-order valence-electron chi connectivity index (χ3n) is 3.62. The van der Waals surface area contributed by atoms with Crippen molar-refractivity contribution in [1.29, 1.82) is 0 Å². The minimum Gasteiger partial charge on any atom is -0.508 e. The first-order valence-electron chi connectivity index (χ1n) is 7.26. The van der Waals surface area contributed by atoms with E-state index in [1.807, 2.05) is 43.3 Å². The predicted molar refractivity (Wildman–Crippen MR) is 91.7 cm³/mol. The zero-order valence-electron chi connectivity index (χ0n) is 12.7. The molecule has 0 saturated heterocycles. The van der Waals surface area contributed by atoms with Crippen LogP contribution in [0.25, 0.3) is 10.8 Å². The number of aromatic hydroxyl groups is 1. The lowest BCUT2D eigenvalue weighted by Gasteiger charge is -2.05. The van der Waals surface area contributed by atoms with Gasteiger partial charge in [-0.05, 0) is 53.6 Å². The lowest BCUT2D eigenvalue weighted by molar-refractivity contribution is 0.0955. The van der Waals surface area contributed by atoms with Crippen LogP contribution in [-0.4, -0.2) is 16.7 Å². The van der Waals surface area contributed by atoms with Crippen molar-refractivity contribution in [3.8, 4) is 5.75 Å². The molecule has 0 atom stereocenters. The van der Waals surface area contributed by atoms with Crippen LogP contribution in [0.2, 0.25) is 0 Å². The van der Waals surface area contributed by atoms with Gasteiger partial charge in [0, 0.05) is 5.56 Å². The van der Waals surface area contributed by atoms with Crippen molar-refractivity contribution in [3.63, 3.8) is 0 Å². The van der Waals surface area contributed by atoms with Gasteiger partial charge in [0.1, 0.15) is 5.75 Å². The van der Waals surface area contributed by atoms with Crippen LogP contribution in [-0.2, 0) is 0 Å². The van der Waals surface area contributed by atoms with E-state index in [2.05, 4.69) is 16.6 Å². The van der Waals surface area contributed by atoms with Crippen LogP contribution in [0.15, 0.2) is 71.8 Å². The molecule has 0 spiro atoms. The first-order valence-corrected chi connectivity index (χ1v) is 7.26. The Morgan fingerprint density at radius 1 is 0.913 bits per heavy atom. The number of phenolic OH excluding ortho intramolecular Hbond substituents is 1. The Morgan fingerprint density at radius 2 is 1.57 bits per heavy atom. The number of phenols is 1. The van der Waals surface area contributed by atoms with Crippen molar-refractivity contribution in [1.82, 2.24) is 5.43 Å². The SMILES string of the molecule is C/C(=N/NC(=O)c1ccc(O)cc1)c1ccc2ccccc2c1. The monoisotopic (exact) mass is 304 g/mol. The molecule has 2 N–H and O–H groups in total. The van der Waals surface area contributed by atoms with Crippen molar-refractivity contribution in [3.05, 3.63) is 77.9 Å². The van der Waals surface area contributed by atoms with Crippen LogP contribution in [0.5, 0.6) is 5.75 Å². The van der Waals surface area contributed by atoms with Crippen LogP contribution < -0.4 is 5.43 Å². The number of benzene rings is 3. The molecule has 114 valence electrons. The average molecular weight is 304 g/mol. The van der Waals surface area contributed by atoms with Gasteiger partial charge >= 0.3 is 0 Å². The molecule has 1 amide bonds. The molecule has 0 aromatic heterocycles. The van der Waals surface area contributed by atoms with Crippen LogP contribution in [0.1, 0.15) is 22.8 Å². The highest BCUT2D eigenvalue weighted by molar-refractivity contribution is 6.03. The molecule has 0 aliphatic heterocycles. The van der Waals surface area contributed by atoms with E-state index in [1.54, 1.807) is 12.1 Å². The second-order valence-corrected chi connectivity index (χ2v) is 5.25. The second-order valence-electron chi connectivity index (χ2n) is 5.25. The third kappa shape index (κ3) is 3.37. The molecule has 23 heavy (non-hydrogen) atoms. The molecule has 0 heterocycles. The van der Waals surface area contributed by atoms with E-state index < -0.39 is 0 Å². The molecule has 0 radical (unpaired) electrons. The molecule has 0 fully saturated rings. The zero-order valence-corrected chi connectivity index (χ0v) is 12.7. The maximum atomic E-state index is 12.0. The standard InChI is InChI=1S/C19H16N2O2/c1-13(16-7-6-14-4-2-3-5-17(14)12-16)20-21-19(23)15-8-10-18(22)11-9-15/h2-12,22H,1H3,(H,21,23)/b20-13-. The minimum atomic E-state index is -0.315. The Balaban J connectivity index is 1.78. The molecule has 0 aliphatic carbocycles. The average Bonchev–Trinajstić information content (AvgIpc) is 2.59. The number of nitrogens with zero attached hydrogens (tertiary/aromatic N) is 1. The lowest BCUT2D eigenvalue weighted by Crippen LogP contribution is -2.19. The molecule has 0 unspecified atom stereocenters. The second kappa shape index (κ2) is 6.32. The quantitative estimate of drug-likeness (QED) is 0.572. The van der Waals surface area contributed by atoms with Gasteiger partial charge in [0.2, 0.25) is 0 Å². The highest BCUT2D eigenvalue weighted by atomic mass is 16.3. The third-order valence-corrected chi connectivity index (χ3v) is 3.62. The summed E-state index contributed by atoms with van der Waals surface area (Å²) in [5.74, 6) is -0.192. The van der Waals surface area contributed by atoms with Crippen LogP contribution in [0.3, 0.4) is 0 Å². The summed E-state index contributed by atoms with van der Waals surface area (Å²) < 4.78 is 0. The maximum absolute atomic E-state index is 12.0. The van der Waals surface area contributed by atoms with Crippen molar-refractivity contribution in [2.75, 3.05) is 0 Å². The zero-order chi connectivity index (χ0) is 16.2. The summed E-state index contributed by atoms with van der Waals surface area (Å²) >= 11 is 0. The lowest BCUT2D eigenvalue weighted by atomic mass is 10.0. The van der Waals surface area contributed by atoms with E-state index in [0.717, 1.165) is 22.0 Å². The Kier molecular flexibility index (Phi) is 4.06. The van der Waals surface area contributed by atoms with Crippen molar-refractivity contribution in [2.24, 2.45) is 5.10 Å². The van der Waals surface area contributed by atoms with Crippen molar-refractivity contribution < 1.29 is 9.90 Å². The van der Waals surface area contributed by atoms with Gasteiger partial charge in [-0.25, -0.2) is 5.43 Å². The van der Waals surface area contributed by atoms with Gasteiger partial charge in [-0.2, -0.15) is 5.10 Å². The molecule has 0 aliphatic rings. The topological polar surface area (TPSA) is 61.7 Å². The van der Waals surface area contributed by atoms with Crippen LogP contribution in [0.4, 0.5) is 0 Å². The van der Waals surface area contributed by atoms with E-state index in [0.29, 0.717) is 5.56 Å². The molecule has 3 aromatic carbocycles. The Labute approximate surface area is 134 Å². The number of amides is 1. The Morgan fingerprint density at radius 3 is 2.30 bits per heavy atom. The molecule has 0 saturated carbocycles. The summed E-state index contributed by atoms with van der Waals surface area (Å²) in [5.41, 5.74) is 4.65. The van der Waals surface area contributed by atoms with E-state index in [9.17, 15) is 9.90 Å². The predicted octanol–water partition coefficient (Wildman–Crippen LogP) is 3.70. The highest BCUT2D eigenvalue weighted by Crippen LogP contribution is 2.16. The normalized spacial score (nSPS) is 11.4. The fourth-order valence-corrected chi connectivity index (χ4v) is 2.29. The Bertz CT molecular complexity index is 883. The molecule has 3 aromatic rings. The number of nitrogens with one attached hydrogen (secondary N) is 1. The maximum Gasteiger partial charge on any atom is 0.271 e. The summed E-state index contributed by atoms with van der Waals surface area (Å²) in [6.45, 7) is 1.85. The molecule has 4 nitrogen and oxygen atoms in total. The van der Waals surface area contributed by atoms with E-state index in [4.69, 9.17) is 0 Å². The number of rotatable bonds is 3. The number of hydrazone groups is 1. The van der Waals surface area contributed by atoms with Crippen LogP contribution >= 0.6 is 0 Å². The molecular weight excluding hydrogens is 288 g/mol. The summed E-state index contributed by atoms with van der Waals surface area (Å²) in [6.07, 6.45) is 0. The summed E-state index contributed by atoms with van der Waals surface area (Å²) in [7, 11) is 0. The fraction of sp³-hybridized carbons (Fsp3) is 0.0526. The summed E-state index contributed by atoms with van der Waals surface area (Å²) in [4.78, 5) is 12.0. The minimum absolute atomic E-state index is 0.123.